The van der Waals surface area contributed by atoms with Crippen molar-refractivity contribution in [2.45, 2.75) is 38.5 Å². The van der Waals surface area contributed by atoms with Crippen LogP contribution in [-0.4, -0.2) is 24.2 Å². The van der Waals surface area contributed by atoms with Gasteiger partial charge in [0, 0.05) is 19.6 Å². The first-order valence-corrected chi connectivity index (χ1v) is 5.62. The fraction of sp³-hybridized carbons (Fsp3) is 0.909. The molecule has 0 atom stereocenters. The monoisotopic (exact) mass is 197 g/mol. The summed E-state index contributed by atoms with van der Waals surface area (Å²) in [6.07, 6.45) is 6.38. The van der Waals surface area contributed by atoms with Gasteiger partial charge in [-0.1, -0.05) is 0 Å². The first kappa shape index (κ1) is 9.97. The maximum atomic E-state index is 11.2. The number of rotatable bonds is 2. The average Bonchev–Trinajstić information content (AvgIpc) is 2.53. The highest BCUT2D eigenvalue weighted by atomic mass is 16.3. The third kappa shape index (κ3) is 1.92. The second kappa shape index (κ2) is 3.89. The largest absolute Gasteiger partial charge is 0.396 e. The molecule has 1 aliphatic carbocycles. The predicted octanol–water partition coefficient (Wildman–Crippen LogP) is 1.07. The molecule has 0 unspecified atom stereocenters. The molecule has 3 heteroatoms. The van der Waals surface area contributed by atoms with E-state index in [-0.39, 0.29) is 11.3 Å². The van der Waals surface area contributed by atoms with E-state index in [1.54, 1.807) is 0 Å². The van der Waals surface area contributed by atoms with Crippen molar-refractivity contribution in [3.63, 3.8) is 0 Å². The van der Waals surface area contributed by atoms with Crippen LogP contribution in [0.4, 0.5) is 0 Å². The van der Waals surface area contributed by atoms with Gasteiger partial charge in [-0.3, -0.25) is 4.79 Å². The Labute approximate surface area is 84.9 Å². The normalized spacial score (nSPS) is 37.5. The van der Waals surface area contributed by atoms with E-state index < -0.39 is 0 Å². The van der Waals surface area contributed by atoms with Gasteiger partial charge in [0.05, 0.1) is 0 Å². The summed E-state index contributed by atoms with van der Waals surface area (Å²) in [5.41, 5.74) is 0.281. The molecule has 1 heterocycles. The zero-order valence-corrected chi connectivity index (χ0v) is 8.59. The van der Waals surface area contributed by atoms with Gasteiger partial charge >= 0.3 is 0 Å². The summed E-state index contributed by atoms with van der Waals surface area (Å²) in [5.74, 6) is 0.923. The van der Waals surface area contributed by atoms with E-state index in [9.17, 15) is 4.79 Å². The van der Waals surface area contributed by atoms with E-state index >= 15 is 0 Å². The van der Waals surface area contributed by atoms with Crippen LogP contribution in [0.25, 0.3) is 0 Å². The molecule has 1 spiro atoms. The van der Waals surface area contributed by atoms with E-state index in [1.165, 1.54) is 12.8 Å². The van der Waals surface area contributed by atoms with Crippen LogP contribution in [0.2, 0.25) is 0 Å². The van der Waals surface area contributed by atoms with Gasteiger partial charge in [0.15, 0.2) is 0 Å². The Morgan fingerprint density at radius 1 is 1.43 bits per heavy atom. The molecule has 1 amide bonds. The number of hydrogen-bond acceptors (Lipinski definition) is 2. The third-order valence-electron chi connectivity index (χ3n) is 3.90. The molecule has 14 heavy (non-hydrogen) atoms. The fourth-order valence-corrected chi connectivity index (χ4v) is 2.87. The zero-order chi connectivity index (χ0) is 10.0. The standard InChI is InChI=1S/C11H19NO2/c13-6-3-9-1-4-11(5-2-9)7-10(14)12-8-11/h9,13H,1-8H2,(H,12,14). The van der Waals surface area contributed by atoms with Crippen molar-refractivity contribution in [3.05, 3.63) is 0 Å². The quantitative estimate of drug-likeness (QED) is 0.695. The van der Waals surface area contributed by atoms with Gasteiger partial charge in [-0.25, -0.2) is 0 Å². The predicted molar refractivity (Wildman–Crippen MR) is 53.7 cm³/mol. The second-order valence-corrected chi connectivity index (χ2v) is 4.91. The van der Waals surface area contributed by atoms with Gasteiger partial charge in [0.2, 0.25) is 5.91 Å². The molecule has 1 aliphatic heterocycles. The van der Waals surface area contributed by atoms with Crippen LogP contribution in [-0.2, 0) is 4.79 Å². The maximum absolute atomic E-state index is 11.2. The molecule has 2 aliphatic rings. The number of carbonyl (C=O) groups is 1. The molecule has 0 radical (unpaired) electrons. The van der Waals surface area contributed by atoms with Crippen LogP contribution >= 0.6 is 0 Å². The molecule has 2 rings (SSSR count). The molecule has 0 bridgehead atoms. The molecule has 1 saturated carbocycles. The molecular weight excluding hydrogens is 178 g/mol. The van der Waals surface area contributed by atoms with Crippen LogP contribution in [0.3, 0.4) is 0 Å². The van der Waals surface area contributed by atoms with Crippen LogP contribution in [0.15, 0.2) is 0 Å². The number of aliphatic hydroxyl groups is 1. The summed E-state index contributed by atoms with van der Waals surface area (Å²) in [7, 11) is 0. The zero-order valence-electron chi connectivity index (χ0n) is 8.59. The number of aliphatic hydroxyl groups excluding tert-OH is 1. The lowest BCUT2D eigenvalue weighted by Crippen LogP contribution is -2.29. The van der Waals surface area contributed by atoms with Crippen molar-refractivity contribution in [2.75, 3.05) is 13.2 Å². The summed E-state index contributed by atoms with van der Waals surface area (Å²) in [4.78, 5) is 11.2. The molecule has 2 fully saturated rings. The number of hydrogen-bond donors (Lipinski definition) is 2. The molecule has 0 aromatic heterocycles. The number of carbonyl (C=O) groups excluding carboxylic acids is 1. The highest BCUT2D eigenvalue weighted by molar-refractivity contribution is 5.79. The molecule has 0 aromatic carbocycles. The van der Waals surface area contributed by atoms with E-state index in [2.05, 4.69) is 5.32 Å². The lowest BCUT2D eigenvalue weighted by Gasteiger charge is -2.35. The summed E-state index contributed by atoms with van der Waals surface area (Å²) >= 11 is 0. The maximum Gasteiger partial charge on any atom is 0.220 e. The number of nitrogens with one attached hydrogen (secondary N) is 1. The lowest BCUT2D eigenvalue weighted by molar-refractivity contribution is -0.119. The molecule has 80 valence electrons. The van der Waals surface area contributed by atoms with Gasteiger partial charge in [-0.05, 0) is 43.4 Å². The fourth-order valence-electron chi connectivity index (χ4n) is 2.87. The van der Waals surface area contributed by atoms with Crippen molar-refractivity contribution in [1.82, 2.24) is 5.32 Å². The SMILES string of the molecule is O=C1CC2(CCC(CCO)CC2)CN1. The van der Waals surface area contributed by atoms with Gasteiger partial charge in [0.1, 0.15) is 0 Å². The van der Waals surface area contributed by atoms with Crippen LogP contribution in [0.5, 0.6) is 0 Å². The van der Waals surface area contributed by atoms with Gasteiger partial charge in [-0.2, -0.15) is 0 Å². The Kier molecular flexibility index (Phi) is 2.77. The Balaban J connectivity index is 1.86. The van der Waals surface area contributed by atoms with Gasteiger partial charge in [0.25, 0.3) is 0 Å². The van der Waals surface area contributed by atoms with Gasteiger partial charge < -0.3 is 10.4 Å². The first-order chi connectivity index (χ1) is 6.74. The minimum Gasteiger partial charge on any atom is -0.396 e. The number of amides is 1. The van der Waals surface area contributed by atoms with Crippen molar-refractivity contribution < 1.29 is 9.90 Å². The second-order valence-electron chi connectivity index (χ2n) is 4.91. The molecule has 3 nitrogen and oxygen atoms in total. The van der Waals surface area contributed by atoms with E-state index in [1.807, 2.05) is 0 Å². The summed E-state index contributed by atoms with van der Waals surface area (Å²) < 4.78 is 0. The smallest absolute Gasteiger partial charge is 0.220 e. The summed E-state index contributed by atoms with van der Waals surface area (Å²) in [5, 5.41) is 11.8. The highest BCUT2D eigenvalue weighted by Crippen LogP contribution is 2.44. The van der Waals surface area contributed by atoms with Crippen LogP contribution < -0.4 is 5.32 Å². The lowest BCUT2D eigenvalue weighted by atomic mass is 9.69. The first-order valence-electron chi connectivity index (χ1n) is 5.62. The molecule has 0 aromatic rings. The summed E-state index contributed by atoms with van der Waals surface area (Å²) in [6.45, 7) is 1.20. The van der Waals surface area contributed by atoms with E-state index in [4.69, 9.17) is 5.11 Å². The van der Waals surface area contributed by atoms with Crippen LogP contribution in [0, 0.1) is 11.3 Å². The van der Waals surface area contributed by atoms with Crippen molar-refractivity contribution in [1.29, 1.82) is 0 Å². The third-order valence-corrected chi connectivity index (χ3v) is 3.90. The minimum atomic E-state index is 0.227. The molecule has 2 N–H and O–H groups in total. The van der Waals surface area contributed by atoms with Gasteiger partial charge in [-0.15, -0.1) is 0 Å². The van der Waals surface area contributed by atoms with Crippen molar-refractivity contribution in [2.24, 2.45) is 11.3 Å². The topological polar surface area (TPSA) is 49.3 Å². The summed E-state index contributed by atoms with van der Waals surface area (Å²) in [6, 6.07) is 0. The molecule has 1 saturated heterocycles. The Morgan fingerprint density at radius 2 is 2.14 bits per heavy atom. The Bertz CT molecular complexity index is 219. The van der Waals surface area contributed by atoms with Crippen molar-refractivity contribution in [3.8, 4) is 0 Å². The highest BCUT2D eigenvalue weighted by Gasteiger charge is 2.40. The van der Waals surface area contributed by atoms with Crippen LogP contribution in [0.1, 0.15) is 38.5 Å². The van der Waals surface area contributed by atoms with Crippen molar-refractivity contribution >= 4 is 5.91 Å². The Morgan fingerprint density at radius 3 is 2.64 bits per heavy atom. The molecular formula is C11H19NO2. The Hall–Kier alpha value is -0.570. The average molecular weight is 197 g/mol. The van der Waals surface area contributed by atoms with E-state index in [0.717, 1.165) is 32.2 Å². The minimum absolute atomic E-state index is 0.227. The van der Waals surface area contributed by atoms with E-state index in [0.29, 0.717) is 12.5 Å².